The summed E-state index contributed by atoms with van der Waals surface area (Å²) in [6, 6.07) is 2.81. The first-order valence-corrected chi connectivity index (χ1v) is 9.91. The van der Waals surface area contributed by atoms with Gasteiger partial charge >= 0.3 is 0 Å². The highest BCUT2D eigenvalue weighted by atomic mass is 79.9. The van der Waals surface area contributed by atoms with Crippen molar-refractivity contribution in [2.24, 2.45) is 5.92 Å². The zero-order valence-corrected chi connectivity index (χ0v) is 15.2. The summed E-state index contributed by atoms with van der Waals surface area (Å²) >= 11 is 9.27. The van der Waals surface area contributed by atoms with E-state index in [1.807, 2.05) is 0 Å². The van der Waals surface area contributed by atoms with Gasteiger partial charge in [-0.1, -0.05) is 34.5 Å². The lowest BCUT2D eigenvalue weighted by Crippen LogP contribution is -2.38. The standard InChI is InChI=1S/C13H14BrCl2NO3S/c1-8-2-4-17(5-3-8)13(18)10-6-9(14)7-11(12(10)15)21(16,19)20/h6-8H,2-5H2,1H3. The molecule has 1 aliphatic rings. The van der Waals surface area contributed by atoms with Gasteiger partial charge in [0.25, 0.3) is 15.0 Å². The predicted octanol–water partition coefficient (Wildman–Crippen LogP) is 3.90. The molecule has 1 amide bonds. The maximum absolute atomic E-state index is 12.5. The van der Waals surface area contributed by atoms with Gasteiger partial charge in [0.15, 0.2) is 0 Å². The number of rotatable bonds is 2. The predicted molar refractivity (Wildman–Crippen MR) is 86.5 cm³/mol. The molecule has 21 heavy (non-hydrogen) atoms. The fourth-order valence-electron chi connectivity index (χ4n) is 2.28. The van der Waals surface area contributed by atoms with Gasteiger partial charge in [0.1, 0.15) is 4.90 Å². The summed E-state index contributed by atoms with van der Waals surface area (Å²) in [6.07, 6.45) is 1.86. The van der Waals surface area contributed by atoms with Crippen molar-refractivity contribution < 1.29 is 13.2 Å². The van der Waals surface area contributed by atoms with Gasteiger partial charge in [0.2, 0.25) is 0 Å². The van der Waals surface area contributed by atoms with Crippen LogP contribution in [0.15, 0.2) is 21.5 Å². The van der Waals surface area contributed by atoms with Crippen LogP contribution in [0.4, 0.5) is 0 Å². The van der Waals surface area contributed by atoms with Crippen molar-refractivity contribution in [3.63, 3.8) is 0 Å². The summed E-state index contributed by atoms with van der Waals surface area (Å²) < 4.78 is 23.5. The van der Waals surface area contributed by atoms with Crippen molar-refractivity contribution >= 4 is 53.2 Å². The van der Waals surface area contributed by atoms with Crippen LogP contribution in [-0.4, -0.2) is 32.3 Å². The van der Waals surface area contributed by atoms with Crippen LogP contribution in [0.5, 0.6) is 0 Å². The van der Waals surface area contributed by atoms with Gasteiger partial charge in [-0.05, 0) is 30.9 Å². The van der Waals surface area contributed by atoms with Crippen LogP contribution in [0.2, 0.25) is 5.02 Å². The quantitative estimate of drug-likeness (QED) is 0.689. The number of carbonyl (C=O) groups is 1. The largest absolute Gasteiger partial charge is 0.339 e. The molecule has 2 rings (SSSR count). The van der Waals surface area contributed by atoms with Gasteiger partial charge in [-0.25, -0.2) is 8.42 Å². The second-order valence-corrected chi connectivity index (χ2v) is 9.01. The van der Waals surface area contributed by atoms with E-state index in [1.165, 1.54) is 12.1 Å². The van der Waals surface area contributed by atoms with E-state index in [0.29, 0.717) is 23.5 Å². The summed E-state index contributed by atoms with van der Waals surface area (Å²) in [6.45, 7) is 3.43. The summed E-state index contributed by atoms with van der Waals surface area (Å²) in [5, 5.41) is -0.128. The molecule has 1 aromatic rings. The number of halogens is 3. The minimum Gasteiger partial charge on any atom is -0.339 e. The number of hydrogen-bond donors (Lipinski definition) is 0. The Balaban J connectivity index is 2.40. The molecule has 0 N–H and O–H groups in total. The summed E-state index contributed by atoms with van der Waals surface area (Å²) in [5.41, 5.74) is 0.153. The van der Waals surface area contributed by atoms with E-state index in [9.17, 15) is 13.2 Å². The van der Waals surface area contributed by atoms with Crippen molar-refractivity contribution in [3.8, 4) is 0 Å². The molecular formula is C13H14BrCl2NO3S. The Bertz CT molecular complexity index is 670. The third kappa shape index (κ3) is 3.92. The van der Waals surface area contributed by atoms with E-state index in [0.717, 1.165) is 12.8 Å². The summed E-state index contributed by atoms with van der Waals surface area (Å²) in [4.78, 5) is 14.0. The highest BCUT2D eigenvalue weighted by molar-refractivity contribution is 9.10. The molecule has 116 valence electrons. The maximum Gasteiger partial charge on any atom is 0.262 e. The Morgan fingerprint density at radius 1 is 1.33 bits per heavy atom. The average Bonchev–Trinajstić information content (AvgIpc) is 2.40. The van der Waals surface area contributed by atoms with Crippen molar-refractivity contribution in [3.05, 3.63) is 27.2 Å². The minimum atomic E-state index is -4.01. The molecule has 0 atom stereocenters. The Hall–Kier alpha value is -0.300. The van der Waals surface area contributed by atoms with E-state index < -0.39 is 9.05 Å². The van der Waals surface area contributed by atoms with E-state index in [-0.39, 0.29) is 21.4 Å². The number of likely N-dealkylation sites (tertiary alicyclic amines) is 1. The average molecular weight is 415 g/mol. The van der Waals surface area contributed by atoms with E-state index in [2.05, 4.69) is 22.9 Å². The lowest BCUT2D eigenvalue weighted by Gasteiger charge is -2.30. The lowest BCUT2D eigenvalue weighted by atomic mass is 9.98. The number of amides is 1. The summed E-state index contributed by atoms with van der Waals surface area (Å²) in [7, 11) is 1.35. The molecule has 1 fully saturated rings. The van der Waals surface area contributed by atoms with Gasteiger partial charge in [-0.3, -0.25) is 4.79 Å². The molecule has 0 unspecified atom stereocenters. The topological polar surface area (TPSA) is 54.5 Å². The smallest absolute Gasteiger partial charge is 0.262 e. The number of hydrogen-bond acceptors (Lipinski definition) is 3. The SMILES string of the molecule is CC1CCN(C(=O)c2cc(Br)cc(S(=O)(=O)Cl)c2Cl)CC1. The second-order valence-electron chi connectivity index (χ2n) is 5.18. The van der Waals surface area contributed by atoms with Crippen molar-refractivity contribution in [1.82, 2.24) is 4.90 Å². The Morgan fingerprint density at radius 3 is 2.43 bits per heavy atom. The highest BCUT2D eigenvalue weighted by Crippen LogP contribution is 2.33. The first-order chi connectivity index (χ1) is 9.70. The van der Waals surface area contributed by atoms with Crippen molar-refractivity contribution in [1.29, 1.82) is 0 Å². The molecule has 0 spiro atoms. The van der Waals surface area contributed by atoms with Crippen LogP contribution in [0.25, 0.3) is 0 Å². The van der Waals surface area contributed by atoms with Gasteiger partial charge < -0.3 is 4.90 Å². The monoisotopic (exact) mass is 413 g/mol. The number of carbonyl (C=O) groups excluding carboxylic acids is 1. The molecule has 0 aliphatic carbocycles. The highest BCUT2D eigenvalue weighted by Gasteiger charge is 2.27. The molecule has 1 saturated heterocycles. The van der Waals surface area contributed by atoms with Crippen LogP contribution in [-0.2, 0) is 9.05 Å². The summed E-state index contributed by atoms with van der Waals surface area (Å²) in [5.74, 6) is 0.320. The van der Waals surface area contributed by atoms with E-state index >= 15 is 0 Å². The Kier molecular flexibility index (Phi) is 5.23. The third-order valence-corrected chi connectivity index (χ3v) is 5.89. The fraction of sp³-hybridized carbons (Fsp3) is 0.462. The Labute approximate surface area is 142 Å². The minimum absolute atomic E-state index is 0.128. The normalized spacial score (nSPS) is 17.0. The molecule has 1 aromatic carbocycles. The van der Waals surface area contributed by atoms with Crippen molar-refractivity contribution in [2.45, 2.75) is 24.7 Å². The third-order valence-electron chi connectivity index (χ3n) is 3.57. The zero-order valence-electron chi connectivity index (χ0n) is 11.3. The van der Waals surface area contributed by atoms with Crippen LogP contribution in [0.1, 0.15) is 30.1 Å². The molecule has 0 aromatic heterocycles. The van der Waals surface area contributed by atoms with Gasteiger partial charge in [0.05, 0.1) is 10.6 Å². The molecule has 1 aliphatic heterocycles. The molecular weight excluding hydrogens is 401 g/mol. The number of nitrogens with zero attached hydrogens (tertiary/aromatic N) is 1. The van der Waals surface area contributed by atoms with E-state index in [1.54, 1.807) is 4.90 Å². The number of piperidine rings is 1. The van der Waals surface area contributed by atoms with Crippen LogP contribution in [0.3, 0.4) is 0 Å². The van der Waals surface area contributed by atoms with Crippen LogP contribution in [0, 0.1) is 5.92 Å². The van der Waals surface area contributed by atoms with E-state index in [4.69, 9.17) is 22.3 Å². The zero-order chi connectivity index (χ0) is 15.8. The molecule has 4 nitrogen and oxygen atoms in total. The van der Waals surface area contributed by atoms with Crippen LogP contribution >= 0.6 is 38.2 Å². The van der Waals surface area contributed by atoms with Crippen molar-refractivity contribution in [2.75, 3.05) is 13.1 Å². The van der Waals surface area contributed by atoms with Gasteiger partial charge in [-0.15, -0.1) is 0 Å². The molecule has 0 radical (unpaired) electrons. The molecule has 0 saturated carbocycles. The first-order valence-electron chi connectivity index (χ1n) is 6.43. The fourth-order valence-corrected chi connectivity index (χ4v) is 4.46. The lowest BCUT2D eigenvalue weighted by molar-refractivity contribution is 0.0697. The maximum atomic E-state index is 12.5. The molecule has 0 bridgehead atoms. The molecule has 8 heteroatoms. The molecule has 1 heterocycles. The second kappa shape index (κ2) is 6.44. The van der Waals surface area contributed by atoms with Gasteiger partial charge in [-0.2, -0.15) is 0 Å². The Morgan fingerprint density at radius 2 is 1.90 bits per heavy atom. The number of benzene rings is 1. The first kappa shape index (κ1) is 17.1. The van der Waals surface area contributed by atoms with Crippen LogP contribution < -0.4 is 0 Å². The van der Waals surface area contributed by atoms with Gasteiger partial charge in [0, 0.05) is 28.2 Å².